The van der Waals surface area contributed by atoms with Crippen molar-refractivity contribution in [2.75, 3.05) is 17.2 Å². The summed E-state index contributed by atoms with van der Waals surface area (Å²) in [6.45, 7) is -1.26. The van der Waals surface area contributed by atoms with Crippen LogP contribution in [0.25, 0.3) is 0 Å². The average molecular weight is 462 g/mol. The summed E-state index contributed by atoms with van der Waals surface area (Å²) in [4.78, 5) is 31.4. The third kappa shape index (κ3) is 6.89. The molecule has 0 atom stereocenters. The summed E-state index contributed by atoms with van der Waals surface area (Å²) in [5, 5.41) is 7.72. The van der Waals surface area contributed by atoms with Crippen LogP contribution in [0.3, 0.4) is 0 Å². The molecule has 0 fully saturated rings. The zero-order valence-electron chi connectivity index (χ0n) is 16.9. The second-order valence-electron chi connectivity index (χ2n) is 6.84. The topological polar surface area (TPSA) is 122 Å². The van der Waals surface area contributed by atoms with Gasteiger partial charge in [0.25, 0.3) is 11.8 Å². The molecule has 5 N–H and O–H groups in total. The molecule has 0 aliphatic carbocycles. The Labute approximate surface area is 185 Å². The van der Waals surface area contributed by atoms with Crippen molar-refractivity contribution in [2.45, 2.75) is 12.7 Å². The van der Waals surface area contributed by atoms with Gasteiger partial charge in [-0.05, 0) is 35.9 Å². The smallest absolute Gasteiger partial charge is 0.380 e. The van der Waals surface area contributed by atoms with E-state index in [-0.39, 0.29) is 17.7 Å². The van der Waals surface area contributed by atoms with E-state index in [1.165, 1.54) is 48.8 Å². The lowest BCUT2D eigenvalue weighted by molar-refractivity contribution is -0.123. The van der Waals surface area contributed by atoms with Gasteiger partial charge in [0, 0.05) is 36.3 Å². The normalized spacial score (nSPS) is 11.0. The van der Waals surface area contributed by atoms with Crippen LogP contribution in [0, 0.1) is 5.82 Å². The molecule has 172 valence electrons. The van der Waals surface area contributed by atoms with Gasteiger partial charge >= 0.3 is 6.18 Å². The minimum atomic E-state index is -4.50. The molecule has 0 radical (unpaired) electrons. The molecular weight excluding hydrogens is 444 g/mol. The first-order valence-corrected chi connectivity index (χ1v) is 9.46. The Morgan fingerprint density at radius 2 is 1.76 bits per heavy atom. The number of nitrogens with zero attached hydrogens (tertiary/aromatic N) is 2. The molecule has 0 saturated heterocycles. The molecule has 0 aliphatic rings. The molecule has 0 spiro atoms. The largest absolute Gasteiger partial charge is 0.405 e. The number of nitrogens with two attached hydrogens (primary N) is 1. The molecule has 2 aromatic heterocycles. The Balaban J connectivity index is 1.71. The lowest BCUT2D eigenvalue weighted by atomic mass is 10.2. The maximum Gasteiger partial charge on any atom is 0.405 e. The fourth-order valence-corrected chi connectivity index (χ4v) is 2.75. The Morgan fingerprint density at radius 3 is 2.39 bits per heavy atom. The van der Waals surface area contributed by atoms with Crippen molar-refractivity contribution >= 4 is 29.0 Å². The first-order valence-electron chi connectivity index (χ1n) is 9.46. The van der Waals surface area contributed by atoms with Crippen molar-refractivity contribution in [3.05, 3.63) is 77.5 Å². The number of nitrogens with one attached hydrogen (secondary N) is 3. The standard InChI is InChI=1S/C21H18F4N6O2/c22-14-5-12(7-27-9-14)8-28-17-6-18(29-10-16(17)19(26)32)31-15-3-1-13(2-4-15)20(33)30-11-21(23,24)25/h1-7,9-10H,8,11H2,(H2,26,32)(H,30,33)(H2,28,29,31). The van der Waals surface area contributed by atoms with E-state index < -0.39 is 30.4 Å². The highest BCUT2D eigenvalue weighted by Gasteiger charge is 2.27. The van der Waals surface area contributed by atoms with Crippen LogP contribution >= 0.6 is 0 Å². The summed E-state index contributed by atoms with van der Waals surface area (Å²) in [5.74, 6) is -1.77. The maximum atomic E-state index is 13.3. The van der Waals surface area contributed by atoms with Crippen molar-refractivity contribution in [1.82, 2.24) is 15.3 Å². The predicted octanol–water partition coefficient (Wildman–Crippen LogP) is 3.36. The third-order valence-electron chi connectivity index (χ3n) is 4.28. The lowest BCUT2D eigenvalue weighted by Crippen LogP contribution is -2.33. The van der Waals surface area contributed by atoms with Gasteiger partial charge < -0.3 is 21.7 Å². The van der Waals surface area contributed by atoms with E-state index in [0.717, 1.165) is 6.20 Å². The monoisotopic (exact) mass is 462 g/mol. The van der Waals surface area contributed by atoms with Gasteiger partial charge in [-0.3, -0.25) is 14.6 Å². The number of carbonyl (C=O) groups is 2. The number of hydrogen-bond acceptors (Lipinski definition) is 6. The number of amides is 2. The summed E-state index contributed by atoms with van der Waals surface area (Å²) in [5.41, 5.74) is 6.91. The summed E-state index contributed by atoms with van der Waals surface area (Å²) in [6, 6.07) is 8.47. The number of alkyl halides is 3. The zero-order valence-corrected chi connectivity index (χ0v) is 16.9. The number of primary amides is 1. The van der Waals surface area contributed by atoms with Gasteiger partial charge in [-0.25, -0.2) is 9.37 Å². The number of carbonyl (C=O) groups excluding carboxylic acids is 2. The van der Waals surface area contributed by atoms with Crippen molar-refractivity contribution < 1.29 is 27.2 Å². The summed E-state index contributed by atoms with van der Waals surface area (Å²) in [7, 11) is 0. The van der Waals surface area contributed by atoms with Crippen LogP contribution in [0.15, 0.2) is 55.0 Å². The van der Waals surface area contributed by atoms with Crippen molar-refractivity contribution in [3.8, 4) is 0 Å². The quantitative estimate of drug-likeness (QED) is 0.381. The molecule has 33 heavy (non-hydrogen) atoms. The van der Waals surface area contributed by atoms with E-state index in [2.05, 4.69) is 20.6 Å². The van der Waals surface area contributed by atoms with Gasteiger partial charge in [0.2, 0.25) is 0 Å². The van der Waals surface area contributed by atoms with E-state index in [9.17, 15) is 27.2 Å². The highest BCUT2D eigenvalue weighted by Crippen LogP contribution is 2.23. The second-order valence-corrected chi connectivity index (χ2v) is 6.84. The van der Waals surface area contributed by atoms with Crippen LogP contribution in [-0.2, 0) is 6.54 Å². The van der Waals surface area contributed by atoms with E-state index in [4.69, 9.17) is 5.73 Å². The summed E-state index contributed by atoms with van der Waals surface area (Å²) >= 11 is 0. The predicted molar refractivity (Wildman–Crippen MR) is 112 cm³/mol. The molecule has 2 amide bonds. The number of benzene rings is 1. The van der Waals surface area contributed by atoms with E-state index in [1.807, 2.05) is 0 Å². The van der Waals surface area contributed by atoms with E-state index in [0.29, 0.717) is 22.8 Å². The molecule has 0 saturated carbocycles. The minimum absolute atomic E-state index is 0.0490. The molecule has 2 heterocycles. The molecule has 12 heteroatoms. The van der Waals surface area contributed by atoms with Crippen molar-refractivity contribution in [3.63, 3.8) is 0 Å². The van der Waals surface area contributed by atoms with Crippen LogP contribution in [-0.4, -0.2) is 34.5 Å². The van der Waals surface area contributed by atoms with Gasteiger partial charge in [-0.2, -0.15) is 13.2 Å². The number of pyridine rings is 2. The summed E-state index contributed by atoms with van der Waals surface area (Å²) < 4.78 is 50.0. The van der Waals surface area contributed by atoms with Crippen molar-refractivity contribution in [1.29, 1.82) is 0 Å². The number of rotatable bonds is 8. The van der Waals surface area contributed by atoms with Crippen LogP contribution < -0.4 is 21.7 Å². The van der Waals surface area contributed by atoms with Crippen LogP contribution in [0.5, 0.6) is 0 Å². The first kappa shape index (κ1) is 23.4. The molecule has 1 aromatic carbocycles. The van der Waals surface area contributed by atoms with Gasteiger partial charge in [-0.15, -0.1) is 0 Å². The van der Waals surface area contributed by atoms with Gasteiger partial charge in [0.15, 0.2) is 0 Å². The lowest BCUT2D eigenvalue weighted by Gasteiger charge is -2.13. The molecule has 0 unspecified atom stereocenters. The van der Waals surface area contributed by atoms with Crippen LogP contribution in [0.4, 0.5) is 34.8 Å². The van der Waals surface area contributed by atoms with Crippen molar-refractivity contribution in [2.24, 2.45) is 5.73 Å². The Kier molecular flexibility index (Phi) is 7.06. The first-order chi connectivity index (χ1) is 15.6. The van der Waals surface area contributed by atoms with Crippen LogP contribution in [0.1, 0.15) is 26.3 Å². The van der Waals surface area contributed by atoms with E-state index in [1.54, 1.807) is 5.32 Å². The number of aromatic nitrogens is 2. The fraction of sp³-hybridized carbons (Fsp3) is 0.143. The Bertz CT molecular complexity index is 1150. The SMILES string of the molecule is NC(=O)c1cnc(Nc2ccc(C(=O)NCC(F)(F)F)cc2)cc1NCc1cncc(F)c1. The molecule has 3 aromatic rings. The maximum absolute atomic E-state index is 13.3. The number of halogens is 4. The van der Waals surface area contributed by atoms with Gasteiger partial charge in [0.1, 0.15) is 18.2 Å². The molecule has 3 rings (SSSR count). The number of anilines is 3. The fourth-order valence-electron chi connectivity index (χ4n) is 2.75. The molecule has 0 bridgehead atoms. The highest BCUT2D eigenvalue weighted by molar-refractivity contribution is 5.98. The highest BCUT2D eigenvalue weighted by atomic mass is 19.4. The Hall–Kier alpha value is -4.22. The summed E-state index contributed by atoms with van der Waals surface area (Å²) in [6.07, 6.45) is -0.711. The van der Waals surface area contributed by atoms with E-state index >= 15 is 0 Å². The second kappa shape index (κ2) is 9.94. The molecular formula is C21H18F4N6O2. The zero-order chi connectivity index (χ0) is 24.0. The van der Waals surface area contributed by atoms with Crippen LogP contribution in [0.2, 0.25) is 0 Å². The molecule has 8 nitrogen and oxygen atoms in total. The number of hydrogen-bond donors (Lipinski definition) is 4. The van der Waals surface area contributed by atoms with Gasteiger partial charge in [-0.1, -0.05) is 0 Å². The molecule has 0 aliphatic heterocycles. The minimum Gasteiger partial charge on any atom is -0.380 e. The Morgan fingerprint density at radius 1 is 1.03 bits per heavy atom. The third-order valence-corrected chi connectivity index (χ3v) is 4.28. The van der Waals surface area contributed by atoms with Gasteiger partial charge in [0.05, 0.1) is 17.4 Å². The average Bonchev–Trinajstić information content (AvgIpc) is 2.76.